The number of rotatable bonds is 7. The number of H-pyrrole nitrogens is 1. The summed E-state index contributed by atoms with van der Waals surface area (Å²) in [5, 5.41) is 3.52. The lowest BCUT2D eigenvalue weighted by Crippen LogP contribution is -2.20. The smallest absolute Gasteiger partial charge is 0.124 e. The first-order chi connectivity index (χ1) is 8.81. The highest BCUT2D eigenvalue weighted by molar-refractivity contribution is 7.98. The van der Waals surface area contributed by atoms with Gasteiger partial charge in [-0.15, -0.1) is 0 Å². The number of benzene rings is 1. The molecule has 0 aliphatic rings. The second-order valence-corrected chi connectivity index (χ2v) is 5.50. The molecule has 1 aromatic carbocycles. The van der Waals surface area contributed by atoms with Crippen LogP contribution in [0.4, 0.5) is 0 Å². The van der Waals surface area contributed by atoms with Gasteiger partial charge >= 0.3 is 0 Å². The first-order valence-electron chi connectivity index (χ1n) is 6.48. The molecule has 98 valence electrons. The number of nitrogens with one attached hydrogen (secondary N) is 2. The van der Waals surface area contributed by atoms with Crippen molar-refractivity contribution in [2.24, 2.45) is 0 Å². The maximum atomic E-state index is 4.61. The lowest BCUT2D eigenvalue weighted by Gasteiger charge is -2.10. The molecule has 0 spiro atoms. The molecule has 3 nitrogen and oxygen atoms in total. The number of nitrogens with zero attached hydrogens (tertiary/aromatic N) is 1. The summed E-state index contributed by atoms with van der Waals surface area (Å²) in [7, 11) is 0. The van der Waals surface area contributed by atoms with Crippen LogP contribution < -0.4 is 5.32 Å². The average molecular weight is 263 g/mol. The fourth-order valence-electron chi connectivity index (χ4n) is 1.96. The minimum atomic E-state index is 0.284. The topological polar surface area (TPSA) is 40.7 Å². The molecule has 2 N–H and O–H groups in total. The first kappa shape index (κ1) is 13.4. The highest BCUT2D eigenvalue weighted by Crippen LogP contribution is 2.15. The summed E-state index contributed by atoms with van der Waals surface area (Å²) >= 11 is 1.91. The average Bonchev–Trinajstić information content (AvgIpc) is 2.82. The van der Waals surface area contributed by atoms with Crippen molar-refractivity contribution < 1.29 is 0 Å². The van der Waals surface area contributed by atoms with Crippen molar-refractivity contribution in [3.8, 4) is 0 Å². The number of thioether (sulfide) groups is 1. The van der Waals surface area contributed by atoms with E-state index >= 15 is 0 Å². The van der Waals surface area contributed by atoms with Crippen LogP contribution in [0.5, 0.6) is 0 Å². The van der Waals surface area contributed by atoms with Crippen molar-refractivity contribution in [1.29, 1.82) is 0 Å². The molecular formula is C14H21N3S. The SMILES string of the molecule is CSCCCCNC(C)c1nc2ccccc2[nH]1. The summed E-state index contributed by atoms with van der Waals surface area (Å²) in [6.07, 6.45) is 4.66. The zero-order valence-corrected chi connectivity index (χ0v) is 11.9. The Labute approximate surface area is 113 Å². The predicted octanol–water partition coefficient (Wildman–Crippen LogP) is 3.36. The Kier molecular flexibility index (Phi) is 5.08. The number of unbranched alkanes of at least 4 members (excludes halogenated alkanes) is 1. The van der Waals surface area contributed by atoms with E-state index < -0.39 is 0 Å². The molecule has 0 bridgehead atoms. The van der Waals surface area contributed by atoms with Crippen LogP contribution >= 0.6 is 11.8 Å². The Balaban J connectivity index is 1.86. The molecule has 0 aliphatic heterocycles. The molecular weight excluding hydrogens is 242 g/mol. The molecule has 1 unspecified atom stereocenters. The van der Waals surface area contributed by atoms with E-state index in [2.05, 4.69) is 34.5 Å². The lowest BCUT2D eigenvalue weighted by molar-refractivity contribution is 0.537. The molecule has 0 amide bonds. The number of hydrogen-bond acceptors (Lipinski definition) is 3. The molecule has 1 heterocycles. The molecule has 1 atom stereocenters. The maximum absolute atomic E-state index is 4.61. The van der Waals surface area contributed by atoms with Gasteiger partial charge in [0.15, 0.2) is 0 Å². The number of fused-ring (bicyclic) bond motifs is 1. The number of imidazole rings is 1. The zero-order chi connectivity index (χ0) is 12.8. The molecule has 18 heavy (non-hydrogen) atoms. The summed E-state index contributed by atoms with van der Waals surface area (Å²) in [4.78, 5) is 7.98. The van der Waals surface area contributed by atoms with E-state index in [1.165, 1.54) is 18.6 Å². The molecule has 0 radical (unpaired) electrons. The highest BCUT2D eigenvalue weighted by Gasteiger charge is 2.09. The molecule has 1 aromatic heterocycles. The van der Waals surface area contributed by atoms with Crippen LogP contribution in [0, 0.1) is 0 Å². The van der Waals surface area contributed by atoms with Gasteiger partial charge in [0.05, 0.1) is 17.1 Å². The lowest BCUT2D eigenvalue weighted by atomic mass is 10.3. The largest absolute Gasteiger partial charge is 0.341 e. The summed E-state index contributed by atoms with van der Waals surface area (Å²) < 4.78 is 0. The van der Waals surface area contributed by atoms with Crippen molar-refractivity contribution in [3.05, 3.63) is 30.1 Å². The van der Waals surface area contributed by atoms with Gasteiger partial charge in [-0.3, -0.25) is 0 Å². The summed E-state index contributed by atoms with van der Waals surface area (Å²) in [6.45, 7) is 3.21. The molecule has 0 saturated carbocycles. The van der Waals surface area contributed by atoms with Crippen LogP contribution in [0.15, 0.2) is 24.3 Å². The number of aromatic nitrogens is 2. The second kappa shape index (κ2) is 6.81. The molecule has 2 rings (SSSR count). The van der Waals surface area contributed by atoms with Gasteiger partial charge in [0.25, 0.3) is 0 Å². The van der Waals surface area contributed by atoms with Crippen LogP contribution in [0.1, 0.15) is 31.6 Å². The van der Waals surface area contributed by atoms with Crippen LogP contribution in [0.3, 0.4) is 0 Å². The van der Waals surface area contributed by atoms with E-state index in [1.54, 1.807) is 0 Å². The summed E-state index contributed by atoms with van der Waals surface area (Å²) in [5.74, 6) is 2.28. The van der Waals surface area contributed by atoms with E-state index in [-0.39, 0.29) is 6.04 Å². The van der Waals surface area contributed by atoms with Gasteiger partial charge in [-0.25, -0.2) is 4.98 Å². The summed E-state index contributed by atoms with van der Waals surface area (Å²) in [6, 6.07) is 8.45. The molecule has 0 saturated heterocycles. The highest BCUT2D eigenvalue weighted by atomic mass is 32.2. The molecule has 2 aromatic rings. The van der Waals surface area contributed by atoms with Gasteiger partial charge in [-0.2, -0.15) is 11.8 Å². The minimum Gasteiger partial charge on any atom is -0.341 e. The Morgan fingerprint density at radius 1 is 1.33 bits per heavy atom. The third-order valence-corrected chi connectivity index (χ3v) is 3.74. The monoisotopic (exact) mass is 263 g/mol. The number of aromatic amines is 1. The summed E-state index contributed by atoms with van der Waals surface area (Å²) in [5.41, 5.74) is 2.16. The van der Waals surface area contributed by atoms with Crippen LogP contribution in [0.2, 0.25) is 0 Å². The maximum Gasteiger partial charge on any atom is 0.124 e. The quantitative estimate of drug-likeness (QED) is 0.753. The second-order valence-electron chi connectivity index (χ2n) is 4.51. The number of hydrogen-bond donors (Lipinski definition) is 2. The predicted molar refractivity (Wildman–Crippen MR) is 80.1 cm³/mol. The Morgan fingerprint density at radius 2 is 2.17 bits per heavy atom. The van der Waals surface area contributed by atoms with Gasteiger partial charge in [-0.1, -0.05) is 12.1 Å². The third-order valence-electron chi connectivity index (χ3n) is 3.04. The van der Waals surface area contributed by atoms with Gasteiger partial charge < -0.3 is 10.3 Å². The van der Waals surface area contributed by atoms with Gasteiger partial charge in [0.2, 0.25) is 0 Å². The third kappa shape index (κ3) is 3.50. The van der Waals surface area contributed by atoms with Crippen molar-refractivity contribution in [2.45, 2.75) is 25.8 Å². The standard InChI is InChI=1S/C14H21N3S/c1-11(15-9-5-6-10-18-2)14-16-12-7-3-4-8-13(12)17-14/h3-4,7-8,11,15H,5-6,9-10H2,1-2H3,(H,16,17). The van der Waals surface area contributed by atoms with Crippen molar-refractivity contribution >= 4 is 22.8 Å². The Morgan fingerprint density at radius 3 is 2.94 bits per heavy atom. The van der Waals surface area contributed by atoms with Crippen LogP contribution in [-0.4, -0.2) is 28.5 Å². The van der Waals surface area contributed by atoms with E-state index in [1.807, 2.05) is 30.0 Å². The van der Waals surface area contributed by atoms with Crippen molar-refractivity contribution in [3.63, 3.8) is 0 Å². The molecule has 0 fully saturated rings. The fourth-order valence-corrected chi connectivity index (χ4v) is 2.46. The fraction of sp³-hybridized carbons (Fsp3) is 0.500. The minimum absolute atomic E-state index is 0.284. The molecule has 4 heteroatoms. The normalized spacial score (nSPS) is 13.0. The first-order valence-corrected chi connectivity index (χ1v) is 7.87. The molecule has 0 aliphatic carbocycles. The Hall–Kier alpha value is -1.00. The zero-order valence-electron chi connectivity index (χ0n) is 11.1. The van der Waals surface area contributed by atoms with Gasteiger partial charge in [0.1, 0.15) is 5.82 Å². The van der Waals surface area contributed by atoms with E-state index in [0.29, 0.717) is 0 Å². The van der Waals surface area contributed by atoms with Gasteiger partial charge in [-0.05, 0) is 50.5 Å². The van der Waals surface area contributed by atoms with E-state index in [9.17, 15) is 0 Å². The van der Waals surface area contributed by atoms with Crippen molar-refractivity contribution in [1.82, 2.24) is 15.3 Å². The van der Waals surface area contributed by atoms with E-state index in [4.69, 9.17) is 0 Å². The Bertz CT molecular complexity index is 448. The van der Waals surface area contributed by atoms with Crippen molar-refractivity contribution in [2.75, 3.05) is 18.6 Å². The van der Waals surface area contributed by atoms with E-state index in [0.717, 1.165) is 23.4 Å². The van der Waals surface area contributed by atoms with Gasteiger partial charge in [0, 0.05) is 0 Å². The number of para-hydroxylation sites is 2. The van der Waals surface area contributed by atoms with Crippen LogP contribution in [0.25, 0.3) is 11.0 Å². The van der Waals surface area contributed by atoms with Crippen LogP contribution in [-0.2, 0) is 0 Å².